The summed E-state index contributed by atoms with van der Waals surface area (Å²) in [5, 5.41) is 0. The van der Waals surface area contributed by atoms with Gasteiger partial charge in [-0.1, -0.05) is 30.3 Å². The molecule has 1 atom stereocenters. The van der Waals surface area contributed by atoms with Crippen molar-refractivity contribution >= 4 is 5.91 Å². The molecule has 0 radical (unpaired) electrons. The van der Waals surface area contributed by atoms with Gasteiger partial charge in [-0.3, -0.25) is 4.79 Å². The zero-order valence-electron chi connectivity index (χ0n) is 13.3. The Balaban J connectivity index is 1.67. The Bertz CT molecular complexity index is 657. The number of carbonyl (C=O) groups is 1. The molecule has 0 spiro atoms. The predicted octanol–water partition coefficient (Wildman–Crippen LogP) is 3.44. The zero-order chi connectivity index (χ0) is 16.1. The van der Waals surface area contributed by atoms with Crippen LogP contribution in [0, 0.1) is 0 Å². The van der Waals surface area contributed by atoms with E-state index in [0.29, 0.717) is 0 Å². The van der Waals surface area contributed by atoms with Gasteiger partial charge in [0.2, 0.25) is 0 Å². The predicted molar refractivity (Wildman–Crippen MR) is 88.6 cm³/mol. The van der Waals surface area contributed by atoms with Crippen LogP contribution in [-0.4, -0.2) is 31.1 Å². The van der Waals surface area contributed by atoms with Crippen LogP contribution in [-0.2, 0) is 4.79 Å². The number of nitrogens with zero attached hydrogens (tertiary/aromatic N) is 1. The molecular formula is C19H21NO3. The van der Waals surface area contributed by atoms with Crippen LogP contribution >= 0.6 is 0 Å². The lowest BCUT2D eigenvalue weighted by Gasteiger charge is -2.25. The molecule has 2 aromatic rings. The van der Waals surface area contributed by atoms with Crippen molar-refractivity contribution in [1.82, 2.24) is 4.90 Å². The van der Waals surface area contributed by atoms with Gasteiger partial charge in [0.15, 0.2) is 6.61 Å². The molecule has 1 unspecified atom stereocenters. The Morgan fingerprint density at radius 3 is 2.70 bits per heavy atom. The Labute approximate surface area is 136 Å². The second-order valence-corrected chi connectivity index (χ2v) is 5.62. The number of benzene rings is 2. The monoisotopic (exact) mass is 311 g/mol. The lowest BCUT2D eigenvalue weighted by Crippen LogP contribution is -2.34. The largest absolute Gasteiger partial charge is 0.497 e. The lowest BCUT2D eigenvalue weighted by atomic mass is 10.0. The summed E-state index contributed by atoms with van der Waals surface area (Å²) in [6.07, 6.45) is 1.99. The van der Waals surface area contributed by atoms with Crippen LogP contribution in [0.3, 0.4) is 0 Å². The van der Waals surface area contributed by atoms with Crippen molar-refractivity contribution in [3.63, 3.8) is 0 Å². The maximum absolute atomic E-state index is 12.5. The topological polar surface area (TPSA) is 38.8 Å². The first-order valence-corrected chi connectivity index (χ1v) is 7.89. The fourth-order valence-electron chi connectivity index (χ4n) is 3.01. The highest BCUT2D eigenvalue weighted by molar-refractivity contribution is 5.78. The fourth-order valence-corrected chi connectivity index (χ4v) is 3.01. The van der Waals surface area contributed by atoms with Gasteiger partial charge < -0.3 is 14.4 Å². The third-order valence-corrected chi connectivity index (χ3v) is 4.16. The van der Waals surface area contributed by atoms with Crippen molar-refractivity contribution in [1.29, 1.82) is 0 Å². The Hall–Kier alpha value is -2.49. The summed E-state index contributed by atoms with van der Waals surface area (Å²) < 4.78 is 10.9. The van der Waals surface area contributed by atoms with Gasteiger partial charge in [-0.2, -0.15) is 0 Å². The Morgan fingerprint density at radius 1 is 1.13 bits per heavy atom. The Kier molecular flexibility index (Phi) is 4.81. The SMILES string of the molecule is COc1cccc(C2CCCN2C(=O)COc2ccccc2)c1. The van der Waals surface area contributed by atoms with Gasteiger partial charge in [0.1, 0.15) is 11.5 Å². The molecule has 1 aliphatic rings. The molecule has 3 rings (SSSR count). The highest BCUT2D eigenvalue weighted by atomic mass is 16.5. The summed E-state index contributed by atoms with van der Waals surface area (Å²) in [5.41, 5.74) is 1.12. The van der Waals surface area contributed by atoms with Crippen LogP contribution in [0.2, 0.25) is 0 Å². The molecule has 1 fully saturated rings. The molecule has 0 aromatic heterocycles. The van der Waals surface area contributed by atoms with E-state index in [2.05, 4.69) is 6.07 Å². The van der Waals surface area contributed by atoms with Gasteiger partial charge >= 0.3 is 0 Å². The molecule has 1 heterocycles. The molecule has 1 amide bonds. The maximum atomic E-state index is 12.5. The molecular weight excluding hydrogens is 290 g/mol. The van der Waals surface area contributed by atoms with E-state index in [1.54, 1.807) is 7.11 Å². The highest BCUT2D eigenvalue weighted by Gasteiger charge is 2.30. The van der Waals surface area contributed by atoms with E-state index in [1.165, 1.54) is 0 Å². The number of likely N-dealkylation sites (tertiary alicyclic amines) is 1. The van der Waals surface area contributed by atoms with E-state index in [-0.39, 0.29) is 18.6 Å². The number of amides is 1. The zero-order valence-corrected chi connectivity index (χ0v) is 13.3. The number of hydrogen-bond acceptors (Lipinski definition) is 3. The third kappa shape index (κ3) is 3.65. The normalized spacial score (nSPS) is 17.1. The molecule has 1 saturated heterocycles. The summed E-state index contributed by atoms with van der Waals surface area (Å²) in [7, 11) is 1.66. The molecule has 120 valence electrons. The minimum absolute atomic E-state index is 0.0270. The highest BCUT2D eigenvalue weighted by Crippen LogP contribution is 2.33. The molecule has 0 saturated carbocycles. The van der Waals surface area contributed by atoms with E-state index < -0.39 is 0 Å². The summed E-state index contributed by atoms with van der Waals surface area (Å²) >= 11 is 0. The van der Waals surface area contributed by atoms with Gasteiger partial charge in [-0.25, -0.2) is 0 Å². The summed E-state index contributed by atoms with van der Waals surface area (Å²) in [6, 6.07) is 17.5. The summed E-state index contributed by atoms with van der Waals surface area (Å²) in [4.78, 5) is 14.4. The van der Waals surface area contributed by atoms with Crippen LogP contribution in [0.1, 0.15) is 24.4 Å². The number of para-hydroxylation sites is 1. The molecule has 0 bridgehead atoms. The van der Waals surface area contributed by atoms with Gasteiger partial charge in [0.05, 0.1) is 13.2 Å². The lowest BCUT2D eigenvalue weighted by molar-refractivity contribution is -0.134. The number of carbonyl (C=O) groups excluding carboxylic acids is 1. The minimum Gasteiger partial charge on any atom is -0.497 e. The fraction of sp³-hybridized carbons (Fsp3) is 0.316. The van der Waals surface area contributed by atoms with Gasteiger partial charge in [0, 0.05) is 6.54 Å². The third-order valence-electron chi connectivity index (χ3n) is 4.16. The average molecular weight is 311 g/mol. The summed E-state index contributed by atoms with van der Waals surface area (Å²) in [6.45, 7) is 0.851. The van der Waals surface area contributed by atoms with E-state index >= 15 is 0 Å². The van der Waals surface area contributed by atoms with Crippen LogP contribution < -0.4 is 9.47 Å². The quantitative estimate of drug-likeness (QED) is 0.849. The van der Waals surface area contributed by atoms with Crippen LogP contribution in [0.4, 0.5) is 0 Å². The number of rotatable bonds is 5. The van der Waals surface area contributed by atoms with Crippen molar-refractivity contribution in [3.05, 3.63) is 60.2 Å². The van der Waals surface area contributed by atoms with Gasteiger partial charge in [-0.05, 0) is 42.7 Å². The first-order valence-electron chi connectivity index (χ1n) is 7.89. The number of hydrogen-bond donors (Lipinski definition) is 0. The smallest absolute Gasteiger partial charge is 0.261 e. The second-order valence-electron chi connectivity index (χ2n) is 5.62. The van der Waals surface area contributed by atoms with Crippen molar-refractivity contribution in [2.75, 3.05) is 20.3 Å². The number of ether oxygens (including phenoxy) is 2. The maximum Gasteiger partial charge on any atom is 0.261 e. The summed E-state index contributed by atoms with van der Waals surface area (Å²) in [5.74, 6) is 1.57. The average Bonchev–Trinajstić information content (AvgIpc) is 3.10. The molecule has 4 heteroatoms. The van der Waals surface area contributed by atoms with Crippen LogP contribution in [0.5, 0.6) is 11.5 Å². The van der Waals surface area contributed by atoms with E-state index in [1.807, 2.05) is 53.4 Å². The van der Waals surface area contributed by atoms with E-state index in [0.717, 1.165) is 36.4 Å². The van der Waals surface area contributed by atoms with E-state index in [4.69, 9.17) is 9.47 Å². The first-order chi connectivity index (χ1) is 11.3. The molecule has 23 heavy (non-hydrogen) atoms. The molecule has 0 aliphatic carbocycles. The Morgan fingerprint density at radius 2 is 1.91 bits per heavy atom. The molecule has 0 N–H and O–H groups in total. The number of methoxy groups -OCH3 is 1. The van der Waals surface area contributed by atoms with Gasteiger partial charge in [0.25, 0.3) is 5.91 Å². The van der Waals surface area contributed by atoms with Crippen molar-refractivity contribution < 1.29 is 14.3 Å². The standard InChI is InChI=1S/C19H21NO3/c1-22-17-10-5-7-15(13-17)18-11-6-12-20(18)19(21)14-23-16-8-3-2-4-9-16/h2-5,7-10,13,18H,6,11-12,14H2,1H3. The van der Waals surface area contributed by atoms with Crippen LogP contribution in [0.15, 0.2) is 54.6 Å². The molecule has 4 nitrogen and oxygen atoms in total. The van der Waals surface area contributed by atoms with Gasteiger partial charge in [-0.15, -0.1) is 0 Å². The molecule has 2 aromatic carbocycles. The van der Waals surface area contributed by atoms with E-state index in [9.17, 15) is 4.79 Å². The van der Waals surface area contributed by atoms with Crippen molar-refractivity contribution in [2.24, 2.45) is 0 Å². The second kappa shape index (κ2) is 7.18. The van der Waals surface area contributed by atoms with Crippen LogP contribution in [0.25, 0.3) is 0 Å². The van der Waals surface area contributed by atoms with Crippen molar-refractivity contribution in [2.45, 2.75) is 18.9 Å². The molecule has 1 aliphatic heterocycles. The minimum atomic E-state index is 0.0270. The van der Waals surface area contributed by atoms with Crippen molar-refractivity contribution in [3.8, 4) is 11.5 Å². The first kappa shape index (κ1) is 15.4.